The van der Waals surface area contributed by atoms with Crippen molar-refractivity contribution in [1.82, 2.24) is 0 Å². The van der Waals surface area contributed by atoms with Crippen LogP contribution in [0.4, 0.5) is 0 Å². The highest BCUT2D eigenvalue weighted by Gasteiger charge is 2.50. The van der Waals surface area contributed by atoms with Crippen LogP contribution in [-0.4, -0.2) is 154 Å². The van der Waals surface area contributed by atoms with Gasteiger partial charge in [-0.05, 0) is 33.1 Å². The van der Waals surface area contributed by atoms with E-state index in [2.05, 4.69) is 0 Å². The van der Waals surface area contributed by atoms with Gasteiger partial charge >= 0.3 is 11.9 Å². The minimum absolute atomic E-state index is 0.0903. The average Bonchev–Trinajstić information content (AvgIpc) is 3.19. The lowest BCUT2D eigenvalue weighted by atomic mass is 9.82. The number of carbonyl (C=O) groups is 2. The number of hydrogen-bond acceptors (Lipinski definition) is 16. The van der Waals surface area contributed by atoms with E-state index in [1.807, 2.05) is 49.5 Å². The molecule has 12 N–H and O–H groups in total. The molecule has 3 heterocycles. The van der Waals surface area contributed by atoms with Gasteiger partial charge in [-0.15, -0.1) is 0 Å². The van der Waals surface area contributed by atoms with Crippen LogP contribution in [0.15, 0.2) is 85.1 Å². The van der Waals surface area contributed by atoms with E-state index in [1.165, 1.54) is 0 Å². The number of cyclic esters (lactones) is 1. The number of aliphatic hydroxyl groups is 9. The summed E-state index contributed by atoms with van der Waals surface area (Å²) >= 11 is 0. The molecule has 2 saturated heterocycles. The molecule has 3 aliphatic heterocycles. The first kappa shape index (κ1) is 54.9. The second-order valence-corrected chi connectivity index (χ2v) is 17.5. The molecule has 0 radical (unpaired) electrons. The maximum Gasteiger partial charge on any atom is 0.311 e. The van der Waals surface area contributed by atoms with E-state index < -0.39 is 141 Å². The molecule has 3 aliphatic rings. The molecule has 0 aromatic heterocycles. The number of carboxylic acid groups (broad SMARTS) is 1. The molecule has 2 bridgehead atoms. The first-order valence-electron chi connectivity index (χ1n) is 22.2. The Morgan fingerprint density at radius 2 is 1.25 bits per heavy atom. The molecule has 17 nitrogen and oxygen atoms in total. The fraction of sp³-hybridized carbons (Fsp3) is 0.660. The number of fused-ring (bicyclic) bond motifs is 2. The monoisotopic (exact) mass is 907 g/mol. The number of carboxylic acids is 1. The quantitative estimate of drug-likeness (QED) is 0.180. The van der Waals surface area contributed by atoms with Gasteiger partial charge in [-0.2, -0.15) is 0 Å². The van der Waals surface area contributed by atoms with Gasteiger partial charge in [0.15, 0.2) is 12.1 Å². The summed E-state index contributed by atoms with van der Waals surface area (Å²) in [5.41, 5.74) is 6.12. The minimum Gasteiger partial charge on any atom is -0.481 e. The van der Waals surface area contributed by atoms with Crippen molar-refractivity contribution < 1.29 is 79.6 Å². The lowest BCUT2D eigenvalue weighted by molar-refractivity contribution is -0.304. The Balaban J connectivity index is 1.84. The highest BCUT2D eigenvalue weighted by Crippen LogP contribution is 2.38. The number of hydrogen-bond donors (Lipinski definition) is 11. The van der Waals surface area contributed by atoms with Crippen LogP contribution in [0, 0.1) is 17.8 Å². The SMILES string of the molecule is C[C@@H]1[C@H](O)[C@@H](C)/C=C/C=C/C=C/C=C/C=C/C=C/C=C/[C@H](O[C@@H]2C[C@@H](N)[C@H](O)[C@H](C)O2)C[C@@H]2O[C@](O)(CC(O)C[C@@H](O)[C@H](O)CC[C@@H](O)C[C@@H](O)CC(=O)O[C@H]1C)C[C@H](O)[C@H]2C(=O)O. The highest BCUT2D eigenvalue weighted by molar-refractivity contribution is 5.71. The predicted molar refractivity (Wildman–Crippen MR) is 236 cm³/mol. The van der Waals surface area contributed by atoms with Crippen molar-refractivity contribution >= 4 is 11.9 Å². The summed E-state index contributed by atoms with van der Waals surface area (Å²) in [7, 11) is 0. The van der Waals surface area contributed by atoms with Crippen LogP contribution in [0.1, 0.15) is 85.5 Å². The largest absolute Gasteiger partial charge is 0.481 e. The van der Waals surface area contributed by atoms with Gasteiger partial charge in [0.05, 0.1) is 73.6 Å². The molecule has 0 aromatic rings. The zero-order valence-corrected chi connectivity index (χ0v) is 37.3. The number of esters is 1. The predicted octanol–water partition coefficient (Wildman–Crippen LogP) is 1.74. The number of ether oxygens (including phenoxy) is 4. The van der Waals surface area contributed by atoms with Crippen LogP contribution in [0.25, 0.3) is 0 Å². The summed E-state index contributed by atoms with van der Waals surface area (Å²) < 4.78 is 23.5. The van der Waals surface area contributed by atoms with Gasteiger partial charge in [0, 0.05) is 50.0 Å². The number of allylic oxidation sites excluding steroid dienone is 12. The van der Waals surface area contributed by atoms with Gasteiger partial charge in [0.25, 0.3) is 0 Å². The minimum atomic E-state index is -2.27. The molecule has 64 heavy (non-hydrogen) atoms. The molecule has 0 aliphatic carbocycles. The van der Waals surface area contributed by atoms with Crippen LogP contribution in [-0.2, 0) is 28.5 Å². The van der Waals surface area contributed by atoms with Crippen molar-refractivity contribution in [2.45, 2.75) is 177 Å². The Bertz CT molecular complexity index is 1620. The maximum absolute atomic E-state index is 12.6. The summed E-state index contributed by atoms with van der Waals surface area (Å²) in [6.07, 6.45) is 7.24. The first-order valence-corrected chi connectivity index (χ1v) is 22.2. The smallest absolute Gasteiger partial charge is 0.311 e. The van der Waals surface area contributed by atoms with Crippen molar-refractivity contribution in [3.05, 3.63) is 85.1 Å². The second kappa shape index (κ2) is 27.3. The highest BCUT2D eigenvalue weighted by atomic mass is 16.7. The van der Waals surface area contributed by atoms with Gasteiger partial charge in [0.1, 0.15) is 12.0 Å². The Morgan fingerprint density at radius 3 is 1.83 bits per heavy atom. The van der Waals surface area contributed by atoms with E-state index in [0.717, 1.165) is 0 Å². The lowest BCUT2D eigenvalue weighted by Gasteiger charge is -2.45. The number of aliphatic hydroxyl groups excluding tert-OH is 8. The van der Waals surface area contributed by atoms with Crippen molar-refractivity contribution in [1.29, 1.82) is 0 Å². The Labute approximate surface area is 376 Å². The molecule has 362 valence electrons. The molecule has 2 fully saturated rings. The first-order chi connectivity index (χ1) is 30.2. The summed E-state index contributed by atoms with van der Waals surface area (Å²) in [6.45, 7) is 6.87. The summed E-state index contributed by atoms with van der Waals surface area (Å²) in [5, 5.41) is 107. The van der Waals surface area contributed by atoms with Crippen molar-refractivity contribution in [3.8, 4) is 0 Å². The van der Waals surface area contributed by atoms with Crippen LogP contribution in [0.2, 0.25) is 0 Å². The topological polar surface area (TPSA) is 299 Å². The van der Waals surface area contributed by atoms with Crippen LogP contribution < -0.4 is 5.73 Å². The summed E-state index contributed by atoms with van der Waals surface area (Å²) in [4.78, 5) is 25.1. The average molecular weight is 908 g/mol. The van der Waals surface area contributed by atoms with Gasteiger partial charge < -0.3 is 75.7 Å². The molecule has 18 atom stereocenters. The molecule has 0 aromatic carbocycles. The Morgan fingerprint density at radius 1 is 0.672 bits per heavy atom. The molecular formula is C47H73NO16. The fourth-order valence-corrected chi connectivity index (χ4v) is 7.98. The second-order valence-electron chi connectivity index (χ2n) is 17.5. The number of rotatable bonds is 3. The van der Waals surface area contributed by atoms with Crippen molar-refractivity contribution in [2.75, 3.05) is 0 Å². The molecule has 0 spiro atoms. The van der Waals surface area contributed by atoms with Crippen molar-refractivity contribution in [2.24, 2.45) is 23.5 Å². The zero-order chi connectivity index (χ0) is 47.6. The molecule has 0 amide bonds. The molecular weight excluding hydrogens is 835 g/mol. The molecule has 17 heteroatoms. The van der Waals surface area contributed by atoms with Crippen molar-refractivity contribution in [3.63, 3.8) is 0 Å². The molecule has 3 rings (SSSR count). The van der Waals surface area contributed by atoms with Gasteiger partial charge in [0.2, 0.25) is 0 Å². The molecule has 0 saturated carbocycles. The Kier molecular flexibility index (Phi) is 23.4. The van der Waals surface area contributed by atoms with E-state index in [1.54, 1.807) is 63.3 Å². The van der Waals surface area contributed by atoms with E-state index >= 15 is 0 Å². The van der Waals surface area contributed by atoms with E-state index in [9.17, 15) is 60.7 Å². The van der Waals surface area contributed by atoms with Crippen LogP contribution in [0.3, 0.4) is 0 Å². The van der Waals surface area contributed by atoms with E-state index in [0.29, 0.717) is 0 Å². The van der Waals surface area contributed by atoms with Gasteiger partial charge in [-0.3, -0.25) is 9.59 Å². The number of aliphatic carboxylic acids is 1. The van der Waals surface area contributed by atoms with E-state index in [-0.39, 0.29) is 38.0 Å². The number of carbonyl (C=O) groups excluding carboxylic acids is 1. The standard InChI is InChI=1S/C47H73NO16/c1-28-17-15-13-11-9-7-5-6-8-10-12-14-16-18-35(63-42-25-36(48)45(57)31(4)62-42)24-40-43(46(58)59)39(54)27-47(60,64-40)26-34(51)22-38(53)37(52)20-19-32(49)21-33(50)23-41(55)61-30(3)29(2)44(28)56/h5-18,28-40,42-45,49-54,56-57,60H,19-27,48H2,1-4H3,(H,58,59)/b6-5+,9-7+,10-8+,13-11+,14-12+,17-15+,18-16+/t28-,29-,30-,31-,32+,33+,34?,35-,36+,37+,38+,39-,40-,42+,43+,44+,45+,47+/m0/s1. The van der Waals surface area contributed by atoms with Crippen LogP contribution >= 0.6 is 0 Å². The lowest BCUT2D eigenvalue weighted by Crippen LogP contribution is -2.56. The summed E-state index contributed by atoms with van der Waals surface area (Å²) in [5.74, 6) is -6.62. The fourth-order valence-electron chi connectivity index (χ4n) is 7.98. The van der Waals surface area contributed by atoms with Gasteiger partial charge in [-0.1, -0.05) is 98.9 Å². The maximum atomic E-state index is 12.6. The third-order valence-electron chi connectivity index (χ3n) is 11.9. The third-order valence-corrected chi connectivity index (χ3v) is 11.9. The van der Waals surface area contributed by atoms with E-state index in [4.69, 9.17) is 24.7 Å². The zero-order valence-electron chi connectivity index (χ0n) is 37.3. The third kappa shape index (κ3) is 18.8. The Hall–Kier alpha value is -3.40. The summed E-state index contributed by atoms with van der Waals surface area (Å²) in [6, 6.07) is -0.671. The van der Waals surface area contributed by atoms with Crippen LogP contribution in [0.5, 0.6) is 0 Å². The number of nitrogens with two attached hydrogens (primary N) is 1. The normalized spacial score (nSPS) is 44.8. The van der Waals surface area contributed by atoms with Gasteiger partial charge in [-0.25, -0.2) is 0 Å². The molecule has 1 unspecified atom stereocenters.